The summed E-state index contributed by atoms with van der Waals surface area (Å²) in [4.78, 5) is 14.5. The van der Waals surface area contributed by atoms with Gasteiger partial charge in [0.2, 0.25) is 0 Å². The summed E-state index contributed by atoms with van der Waals surface area (Å²) < 4.78 is 5.52. The van der Waals surface area contributed by atoms with Crippen molar-refractivity contribution in [3.8, 4) is 5.75 Å². The van der Waals surface area contributed by atoms with Crippen LogP contribution in [0, 0.1) is 0 Å². The molecule has 0 radical (unpaired) electrons. The van der Waals surface area contributed by atoms with Crippen molar-refractivity contribution in [2.75, 3.05) is 36.2 Å². The van der Waals surface area contributed by atoms with Gasteiger partial charge in [0.1, 0.15) is 5.75 Å². The van der Waals surface area contributed by atoms with Crippen LogP contribution < -0.4 is 20.3 Å². The Bertz CT molecular complexity index is 924. The Labute approximate surface area is 164 Å². The van der Waals surface area contributed by atoms with E-state index in [0.29, 0.717) is 23.9 Å². The topological polar surface area (TPSA) is 79.4 Å². The van der Waals surface area contributed by atoms with E-state index in [4.69, 9.17) is 4.74 Å². The number of anilines is 4. The number of ether oxygens (including phenoxy) is 1. The third-order valence-corrected chi connectivity index (χ3v) is 3.99. The summed E-state index contributed by atoms with van der Waals surface area (Å²) in [7, 11) is 3.98. The highest BCUT2D eigenvalue weighted by Gasteiger charge is 2.11. The van der Waals surface area contributed by atoms with Gasteiger partial charge in [-0.25, -0.2) is 0 Å². The Kier molecular flexibility index (Phi) is 6.06. The number of hydrogen-bond donors (Lipinski definition) is 2. The average Bonchev–Trinajstić information content (AvgIpc) is 2.70. The van der Waals surface area contributed by atoms with Crippen LogP contribution in [0.15, 0.2) is 60.7 Å². The maximum atomic E-state index is 12.4. The first kappa shape index (κ1) is 19.2. The molecule has 7 nitrogen and oxygen atoms in total. The molecule has 0 spiro atoms. The van der Waals surface area contributed by atoms with Crippen LogP contribution in [-0.2, 0) is 0 Å². The predicted octanol–water partition coefficient (Wildman–Crippen LogP) is 3.94. The number of para-hydroxylation sites is 2. The minimum atomic E-state index is -0.346. The van der Waals surface area contributed by atoms with Crippen molar-refractivity contribution >= 4 is 28.8 Å². The summed E-state index contributed by atoms with van der Waals surface area (Å²) in [6.07, 6.45) is 0. The molecule has 0 aliphatic rings. The van der Waals surface area contributed by atoms with Crippen LogP contribution in [0.2, 0.25) is 0 Å². The van der Waals surface area contributed by atoms with E-state index in [1.165, 1.54) is 0 Å². The van der Waals surface area contributed by atoms with E-state index in [1.807, 2.05) is 62.3 Å². The van der Waals surface area contributed by atoms with E-state index in [-0.39, 0.29) is 11.6 Å². The molecule has 0 unspecified atom stereocenters. The van der Waals surface area contributed by atoms with Gasteiger partial charge < -0.3 is 20.3 Å². The van der Waals surface area contributed by atoms with Crippen molar-refractivity contribution < 1.29 is 9.53 Å². The minimum Gasteiger partial charge on any atom is -0.492 e. The Balaban J connectivity index is 1.66. The van der Waals surface area contributed by atoms with Crippen LogP contribution in [0.3, 0.4) is 0 Å². The fourth-order valence-corrected chi connectivity index (χ4v) is 2.55. The van der Waals surface area contributed by atoms with E-state index in [1.54, 1.807) is 24.3 Å². The number of rotatable bonds is 7. The lowest BCUT2D eigenvalue weighted by molar-refractivity contribution is 0.102. The second-order valence-electron chi connectivity index (χ2n) is 6.25. The zero-order chi connectivity index (χ0) is 19.9. The van der Waals surface area contributed by atoms with Crippen LogP contribution in [0.1, 0.15) is 17.4 Å². The van der Waals surface area contributed by atoms with E-state index in [2.05, 4.69) is 20.8 Å². The highest BCUT2D eigenvalue weighted by molar-refractivity contribution is 6.03. The van der Waals surface area contributed by atoms with Crippen LogP contribution >= 0.6 is 0 Å². The molecular formula is C21H23N5O2. The second kappa shape index (κ2) is 8.85. The summed E-state index contributed by atoms with van der Waals surface area (Å²) in [5, 5.41) is 14.1. The summed E-state index contributed by atoms with van der Waals surface area (Å²) in [5.41, 5.74) is 2.82. The number of aromatic nitrogens is 2. The number of carbonyl (C=O) groups excluding carboxylic acids is 1. The number of nitrogens with one attached hydrogen (secondary N) is 2. The van der Waals surface area contributed by atoms with E-state index in [9.17, 15) is 4.79 Å². The number of benzene rings is 2. The summed E-state index contributed by atoms with van der Waals surface area (Å²) >= 11 is 0. The minimum absolute atomic E-state index is 0.222. The smallest absolute Gasteiger partial charge is 0.276 e. The first-order chi connectivity index (χ1) is 13.6. The molecule has 3 aromatic rings. The first-order valence-corrected chi connectivity index (χ1v) is 8.98. The quantitative estimate of drug-likeness (QED) is 0.649. The molecule has 0 atom stereocenters. The third kappa shape index (κ3) is 4.76. The molecule has 1 amide bonds. The highest BCUT2D eigenvalue weighted by Crippen LogP contribution is 2.24. The number of carbonyl (C=O) groups is 1. The molecule has 144 valence electrons. The van der Waals surface area contributed by atoms with Gasteiger partial charge in [0.05, 0.1) is 12.3 Å². The van der Waals surface area contributed by atoms with Crippen molar-refractivity contribution in [2.24, 2.45) is 0 Å². The molecule has 3 rings (SSSR count). The Morgan fingerprint density at radius 1 is 1.00 bits per heavy atom. The lowest BCUT2D eigenvalue weighted by Crippen LogP contribution is -2.15. The number of hydrogen-bond acceptors (Lipinski definition) is 6. The lowest BCUT2D eigenvalue weighted by Gasteiger charge is -2.13. The van der Waals surface area contributed by atoms with Gasteiger partial charge in [-0.15, -0.1) is 10.2 Å². The van der Waals surface area contributed by atoms with Crippen LogP contribution in [-0.4, -0.2) is 36.8 Å². The number of amides is 1. The van der Waals surface area contributed by atoms with Gasteiger partial charge in [-0.05, 0) is 55.5 Å². The SMILES string of the molecule is CCOc1ccccc1NC(=O)c1ccc(Nc2ccc(N(C)C)cc2)nn1. The van der Waals surface area contributed by atoms with E-state index < -0.39 is 0 Å². The molecule has 0 fully saturated rings. The molecule has 1 heterocycles. The van der Waals surface area contributed by atoms with Gasteiger partial charge in [-0.3, -0.25) is 4.79 Å². The second-order valence-corrected chi connectivity index (χ2v) is 6.25. The van der Waals surface area contributed by atoms with Crippen molar-refractivity contribution in [3.63, 3.8) is 0 Å². The molecular weight excluding hydrogens is 354 g/mol. The van der Waals surface area contributed by atoms with E-state index in [0.717, 1.165) is 11.4 Å². The zero-order valence-corrected chi connectivity index (χ0v) is 16.1. The fraction of sp³-hybridized carbons (Fsp3) is 0.190. The largest absolute Gasteiger partial charge is 0.492 e. The van der Waals surface area contributed by atoms with Crippen molar-refractivity contribution in [1.82, 2.24) is 10.2 Å². The van der Waals surface area contributed by atoms with Gasteiger partial charge in [0.25, 0.3) is 5.91 Å². The molecule has 7 heteroatoms. The Hall–Kier alpha value is -3.61. The molecule has 0 aliphatic heterocycles. The van der Waals surface area contributed by atoms with Crippen LogP contribution in [0.4, 0.5) is 22.9 Å². The first-order valence-electron chi connectivity index (χ1n) is 8.98. The molecule has 2 aromatic carbocycles. The van der Waals surface area contributed by atoms with Gasteiger partial charge in [0, 0.05) is 25.5 Å². The molecule has 0 aliphatic carbocycles. The zero-order valence-electron chi connectivity index (χ0n) is 16.1. The Morgan fingerprint density at radius 2 is 1.75 bits per heavy atom. The van der Waals surface area contributed by atoms with Crippen LogP contribution in [0.5, 0.6) is 5.75 Å². The maximum absolute atomic E-state index is 12.4. The molecule has 1 aromatic heterocycles. The van der Waals surface area contributed by atoms with Gasteiger partial charge in [0.15, 0.2) is 11.5 Å². The number of nitrogens with zero attached hydrogens (tertiary/aromatic N) is 3. The molecule has 28 heavy (non-hydrogen) atoms. The van der Waals surface area contributed by atoms with E-state index >= 15 is 0 Å². The van der Waals surface area contributed by atoms with Gasteiger partial charge in [-0.2, -0.15) is 0 Å². The predicted molar refractivity (Wildman–Crippen MR) is 112 cm³/mol. The molecule has 0 bridgehead atoms. The maximum Gasteiger partial charge on any atom is 0.276 e. The molecule has 2 N–H and O–H groups in total. The summed E-state index contributed by atoms with van der Waals surface area (Å²) in [6, 6.07) is 18.6. The highest BCUT2D eigenvalue weighted by atomic mass is 16.5. The van der Waals surface area contributed by atoms with Crippen molar-refractivity contribution in [3.05, 3.63) is 66.4 Å². The van der Waals surface area contributed by atoms with Crippen molar-refractivity contribution in [2.45, 2.75) is 6.92 Å². The van der Waals surface area contributed by atoms with Crippen molar-refractivity contribution in [1.29, 1.82) is 0 Å². The average molecular weight is 377 g/mol. The fourth-order valence-electron chi connectivity index (χ4n) is 2.55. The standard InChI is InChI=1S/C21H23N5O2/c1-4-28-19-8-6-5-7-17(19)23-21(27)18-13-14-20(25-24-18)22-15-9-11-16(12-10-15)26(2)3/h5-14H,4H2,1-3H3,(H,22,25)(H,23,27). The van der Waals surface area contributed by atoms with Gasteiger partial charge in [-0.1, -0.05) is 12.1 Å². The molecule has 0 saturated carbocycles. The normalized spacial score (nSPS) is 10.2. The third-order valence-electron chi connectivity index (χ3n) is 3.99. The summed E-state index contributed by atoms with van der Waals surface area (Å²) in [5.74, 6) is 0.830. The van der Waals surface area contributed by atoms with Crippen LogP contribution in [0.25, 0.3) is 0 Å². The Morgan fingerprint density at radius 3 is 2.39 bits per heavy atom. The van der Waals surface area contributed by atoms with Gasteiger partial charge >= 0.3 is 0 Å². The molecule has 0 saturated heterocycles. The lowest BCUT2D eigenvalue weighted by atomic mass is 10.2. The monoisotopic (exact) mass is 377 g/mol. The summed E-state index contributed by atoms with van der Waals surface area (Å²) in [6.45, 7) is 2.41.